The van der Waals surface area contributed by atoms with Crippen molar-refractivity contribution in [2.75, 3.05) is 18.8 Å². The normalized spacial score (nSPS) is 14.9. The first-order chi connectivity index (χ1) is 18.8. The van der Waals surface area contributed by atoms with Crippen molar-refractivity contribution < 1.29 is 14.3 Å². The Balaban J connectivity index is 1.75. The van der Waals surface area contributed by atoms with Gasteiger partial charge in [0.1, 0.15) is 17.2 Å². The topological polar surface area (TPSA) is 156 Å². The van der Waals surface area contributed by atoms with Gasteiger partial charge in [-0.2, -0.15) is 5.26 Å². The second-order valence-electron chi connectivity index (χ2n) is 8.78. The molecule has 0 spiro atoms. The van der Waals surface area contributed by atoms with Crippen LogP contribution in [0, 0.1) is 11.3 Å². The number of nitriles is 1. The predicted octanol–water partition coefficient (Wildman–Crippen LogP) is 3.36. The molecule has 0 bridgehead atoms. The summed E-state index contributed by atoms with van der Waals surface area (Å²) in [4.78, 5) is 19.6. The van der Waals surface area contributed by atoms with Crippen molar-refractivity contribution in [1.29, 1.82) is 5.26 Å². The van der Waals surface area contributed by atoms with Gasteiger partial charge in [-0.15, -0.1) is 0 Å². The minimum atomic E-state index is -1.15. The second kappa shape index (κ2) is 12.0. The van der Waals surface area contributed by atoms with E-state index in [0.29, 0.717) is 42.2 Å². The fourth-order valence-corrected chi connectivity index (χ4v) is 4.10. The van der Waals surface area contributed by atoms with Crippen molar-refractivity contribution >= 4 is 17.3 Å². The number of hydrogen-bond donors (Lipinski definition) is 3. The molecule has 10 nitrogen and oxygen atoms in total. The maximum atomic E-state index is 13.3. The third-order valence-corrected chi connectivity index (χ3v) is 6.19. The number of aliphatic imine (C=N–C) groups is 1. The molecule has 200 valence electrons. The Kier molecular flexibility index (Phi) is 8.33. The highest BCUT2D eigenvalue weighted by molar-refractivity contribution is 6.01. The van der Waals surface area contributed by atoms with Crippen LogP contribution < -0.4 is 26.8 Å². The number of rotatable bonds is 9. The Labute approximate surface area is 227 Å². The van der Waals surface area contributed by atoms with Crippen LogP contribution in [0.3, 0.4) is 0 Å². The summed E-state index contributed by atoms with van der Waals surface area (Å²) >= 11 is 0. The first-order valence-electron chi connectivity index (χ1n) is 12.5. The number of nitrogens with two attached hydrogens (primary N) is 3. The Hall–Kier alpha value is -5.01. The zero-order valence-electron chi connectivity index (χ0n) is 21.9. The van der Waals surface area contributed by atoms with Gasteiger partial charge in [0.2, 0.25) is 5.88 Å². The van der Waals surface area contributed by atoms with E-state index in [-0.39, 0.29) is 28.8 Å². The molecule has 3 aromatic carbocycles. The van der Waals surface area contributed by atoms with Crippen LogP contribution in [-0.2, 0) is 6.42 Å². The van der Waals surface area contributed by atoms with Gasteiger partial charge in [-0.3, -0.25) is 4.79 Å². The number of carbonyl (C=O) groups is 1. The van der Waals surface area contributed by atoms with Gasteiger partial charge < -0.3 is 25.8 Å². The molecule has 0 radical (unpaired) electrons. The van der Waals surface area contributed by atoms with Crippen LogP contribution in [0.4, 0.5) is 5.69 Å². The highest BCUT2D eigenvalue weighted by Gasteiger charge is 2.32. The number of allylic oxidation sites excluding steroid dienone is 1. The molecule has 1 aliphatic rings. The molecule has 0 aliphatic carbocycles. The number of nitrogens with zero attached hydrogens (tertiary/aromatic N) is 4. The van der Waals surface area contributed by atoms with Crippen LogP contribution in [0.25, 0.3) is 0 Å². The van der Waals surface area contributed by atoms with E-state index in [1.165, 1.54) is 6.07 Å². The van der Waals surface area contributed by atoms with Crippen LogP contribution in [0.1, 0.15) is 35.3 Å². The van der Waals surface area contributed by atoms with E-state index >= 15 is 0 Å². The molecule has 6 N–H and O–H groups in total. The number of hydrogen-bond acceptors (Lipinski definition) is 9. The van der Waals surface area contributed by atoms with Crippen molar-refractivity contribution in [3.05, 3.63) is 101 Å². The van der Waals surface area contributed by atoms with E-state index in [1.807, 2.05) is 44.2 Å². The number of benzene rings is 3. The summed E-state index contributed by atoms with van der Waals surface area (Å²) in [5, 5.41) is 10.7. The lowest BCUT2D eigenvalue weighted by Gasteiger charge is -2.33. The van der Waals surface area contributed by atoms with E-state index in [4.69, 9.17) is 26.8 Å². The van der Waals surface area contributed by atoms with Crippen LogP contribution in [-0.4, -0.2) is 41.0 Å². The number of anilines is 1. The molecule has 0 saturated carbocycles. The molecular formula is C29H31N7O3. The molecule has 1 heterocycles. The number of ether oxygens (including phenoxy) is 2. The van der Waals surface area contributed by atoms with Crippen LogP contribution in [0.5, 0.6) is 11.5 Å². The molecule has 1 atom stereocenters. The van der Waals surface area contributed by atoms with Crippen molar-refractivity contribution in [3.8, 4) is 17.6 Å². The smallest absolute Gasteiger partial charge is 0.286 e. The standard InChI is InChI=1S/C29H31N7O3/c1-3-35(4-2)27(37)23-14-13-20(18-30)16-25(23)39-29-34-24(15-19-9-6-5-7-10-19)26(32)28(36(29)33)38-22-12-8-11-21(31)17-22/h5-14,16-17,29H,3-4,15,31-33H2,1-2H3. The third kappa shape index (κ3) is 6.11. The average molecular weight is 526 g/mol. The van der Waals surface area contributed by atoms with E-state index < -0.39 is 6.35 Å². The summed E-state index contributed by atoms with van der Waals surface area (Å²) in [5.41, 5.74) is 15.2. The lowest BCUT2D eigenvalue weighted by molar-refractivity contribution is 0.0216. The zero-order chi connectivity index (χ0) is 27.9. The van der Waals surface area contributed by atoms with Gasteiger partial charge in [0.15, 0.2) is 0 Å². The fraction of sp³-hybridized carbons (Fsp3) is 0.207. The molecule has 3 aromatic rings. The van der Waals surface area contributed by atoms with Crippen LogP contribution >= 0.6 is 0 Å². The quantitative estimate of drug-likeness (QED) is 0.284. The summed E-state index contributed by atoms with van der Waals surface area (Å²) in [5.74, 6) is 6.92. The molecular weight excluding hydrogens is 494 g/mol. The van der Waals surface area contributed by atoms with E-state index in [0.717, 1.165) is 10.6 Å². The largest absolute Gasteiger partial charge is 0.448 e. The van der Waals surface area contributed by atoms with Crippen LogP contribution in [0.2, 0.25) is 0 Å². The molecule has 0 aromatic heterocycles. The zero-order valence-corrected chi connectivity index (χ0v) is 21.9. The Morgan fingerprint density at radius 1 is 1.05 bits per heavy atom. The molecule has 0 fully saturated rings. The fourth-order valence-electron chi connectivity index (χ4n) is 4.10. The highest BCUT2D eigenvalue weighted by atomic mass is 16.5. The van der Waals surface area contributed by atoms with E-state index in [2.05, 4.69) is 11.1 Å². The summed E-state index contributed by atoms with van der Waals surface area (Å²) in [6.07, 6.45) is -0.766. The molecule has 39 heavy (non-hydrogen) atoms. The third-order valence-electron chi connectivity index (χ3n) is 6.19. The number of nitrogen functional groups attached to an aromatic ring is 1. The second-order valence-corrected chi connectivity index (χ2v) is 8.78. The summed E-state index contributed by atoms with van der Waals surface area (Å²) < 4.78 is 12.3. The van der Waals surface area contributed by atoms with Gasteiger partial charge in [-0.05, 0) is 49.7 Å². The van der Waals surface area contributed by atoms with Crippen molar-refractivity contribution in [2.24, 2.45) is 16.6 Å². The van der Waals surface area contributed by atoms with E-state index in [1.54, 1.807) is 41.3 Å². The average Bonchev–Trinajstić information content (AvgIpc) is 2.94. The number of carbonyl (C=O) groups excluding carboxylic acids is 1. The number of amides is 1. The first kappa shape index (κ1) is 27.0. The minimum absolute atomic E-state index is 0.111. The highest BCUT2D eigenvalue weighted by Crippen LogP contribution is 2.29. The Morgan fingerprint density at radius 2 is 1.79 bits per heavy atom. The van der Waals surface area contributed by atoms with Gasteiger partial charge in [-0.1, -0.05) is 36.4 Å². The summed E-state index contributed by atoms with van der Waals surface area (Å²) in [7, 11) is 0. The van der Waals surface area contributed by atoms with Gasteiger partial charge in [-0.25, -0.2) is 15.8 Å². The number of hydrazine groups is 1. The molecule has 1 unspecified atom stereocenters. The Morgan fingerprint density at radius 3 is 2.46 bits per heavy atom. The monoisotopic (exact) mass is 525 g/mol. The van der Waals surface area contributed by atoms with Crippen LogP contribution in [0.15, 0.2) is 89.4 Å². The van der Waals surface area contributed by atoms with Gasteiger partial charge in [0.05, 0.1) is 22.9 Å². The van der Waals surface area contributed by atoms with Gasteiger partial charge in [0.25, 0.3) is 12.3 Å². The molecule has 1 amide bonds. The van der Waals surface area contributed by atoms with E-state index in [9.17, 15) is 10.1 Å². The van der Waals surface area contributed by atoms with Crippen molar-refractivity contribution in [1.82, 2.24) is 9.91 Å². The first-order valence-corrected chi connectivity index (χ1v) is 12.5. The molecule has 4 rings (SSSR count). The lowest BCUT2D eigenvalue weighted by atomic mass is 10.1. The van der Waals surface area contributed by atoms with Gasteiger partial charge >= 0.3 is 0 Å². The predicted molar refractivity (Wildman–Crippen MR) is 149 cm³/mol. The molecule has 1 aliphatic heterocycles. The van der Waals surface area contributed by atoms with Crippen molar-refractivity contribution in [3.63, 3.8) is 0 Å². The van der Waals surface area contributed by atoms with Crippen molar-refractivity contribution in [2.45, 2.75) is 26.6 Å². The maximum Gasteiger partial charge on any atom is 0.286 e. The maximum absolute atomic E-state index is 13.3. The van der Waals surface area contributed by atoms with Gasteiger partial charge in [0, 0.05) is 31.3 Å². The summed E-state index contributed by atoms with van der Waals surface area (Å²) in [6, 6.07) is 23.2. The lowest BCUT2D eigenvalue weighted by Crippen LogP contribution is -2.49. The Bertz CT molecular complexity index is 1440. The summed E-state index contributed by atoms with van der Waals surface area (Å²) in [6.45, 7) is 4.81. The minimum Gasteiger partial charge on any atom is -0.448 e. The SMILES string of the molecule is CCN(CC)C(=O)c1ccc(C#N)cc1OC1N=C(Cc2ccccc2)C(N)=C(Oc2cccc(N)c2)N1N. The molecule has 10 heteroatoms. The molecule has 0 saturated heterocycles.